The summed E-state index contributed by atoms with van der Waals surface area (Å²) in [6.07, 6.45) is 9.83. The summed E-state index contributed by atoms with van der Waals surface area (Å²) >= 11 is 0. The molecule has 0 radical (unpaired) electrons. The fraction of sp³-hybridized carbons (Fsp3) is 1.00. The Morgan fingerprint density at radius 1 is 1.24 bits per heavy atom. The second kappa shape index (κ2) is 5.71. The predicted molar refractivity (Wildman–Crippen MR) is 74.3 cm³/mol. The van der Waals surface area contributed by atoms with Gasteiger partial charge in [0.25, 0.3) is 0 Å². The van der Waals surface area contributed by atoms with E-state index in [4.69, 9.17) is 0 Å². The van der Waals surface area contributed by atoms with Crippen LogP contribution < -0.4 is 5.32 Å². The number of hydrogen-bond acceptors (Lipinski definition) is 2. The summed E-state index contributed by atoms with van der Waals surface area (Å²) in [5, 5.41) is 3.62. The lowest BCUT2D eigenvalue weighted by Crippen LogP contribution is -2.60. The largest absolute Gasteiger partial charge is 0.315 e. The Hall–Kier alpha value is -0.0800. The molecule has 1 heterocycles. The molecule has 0 aromatic rings. The fourth-order valence-electron chi connectivity index (χ4n) is 3.46. The van der Waals surface area contributed by atoms with E-state index in [1.165, 1.54) is 58.0 Å². The van der Waals surface area contributed by atoms with Crippen molar-refractivity contribution in [1.29, 1.82) is 0 Å². The molecule has 2 nitrogen and oxygen atoms in total. The van der Waals surface area contributed by atoms with Gasteiger partial charge in [0.05, 0.1) is 0 Å². The van der Waals surface area contributed by atoms with E-state index in [0.717, 1.165) is 5.92 Å². The first-order valence-electron chi connectivity index (χ1n) is 7.63. The zero-order valence-electron chi connectivity index (χ0n) is 12.0. The van der Waals surface area contributed by atoms with Crippen LogP contribution in [0.2, 0.25) is 0 Å². The van der Waals surface area contributed by atoms with Crippen LogP contribution in [0.4, 0.5) is 0 Å². The maximum absolute atomic E-state index is 3.62. The molecule has 1 aliphatic heterocycles. The monoisotopic (exact) mass is 238 g/mol. The molecule has 2 fully saturated rings. The van der Waals surface area contributed by atoms with Gasteiger partial charge in [-0.05, 0) is 58.7 Å². The maximum atomic E-state index is 3.62. The van der Waals surface area contributed by atoms with Gasteiger partial charge in [-0.25, -0.2) is 0 Å². The molecule has 1 N–H and O–H groups in total. The van der Waals surface area contributed by atoms with E-state index < -0.39 is 0 Å². The lowest BCUT2D eigenvalue weighted by molar-refractivity contribution is 0.0409. The molecule has 2 heteroatoms. The van der Waals surface area contributed by atoms with Crippen molar-refractivity contribution in [3.8, 4) is 0 Å². The van der Waals surface area contributed by atoms with E-state index in [1.54, 1.807) is 0 Å². The number of nitrogens with zero attached hydrogens (tertiary/aromatic N) is 1. The average Bonchev–Trinajstić information content (AvgIpc) is 3.20. The molecule has 2 atom stereocenters. The fourth-order valence-corrected chi connectivity index (χ4v) is 3.46. The van der Waals surface area contributed by atoms with Crippen molar-refractivity contribution in [2.24, 2.45) is 5.92 Å². The van der Waals surface area contributed by atoms with Crippen LogP contribution in [0.3, 0.4) is 0 Å². The van der Waals surface area contributed by atoms with E-state index >= 15 is 0 Å². The molecule has 0 aromatic heterocycles. The highest BCUT2D eigenvalue weighted by Crippen LogP contribution is 2.38. The smallest absolute Gasteiger partial charge is 0.0331 e. The summed E-state index contributed by atoms with van der Waals surface area (Å²) in [7, 11) is 2.16. The van der Waals surface area contributed by atoms with Crippen molar-refractivity contribution in [3.63, 3.8) is 0 Å². The molecule has 1 saturated carbocycles. The summed E-state index contributed by atoms with van der Waals surface area (Å²) in [5.41, 5.74) is 0.373. The third kappa shape index (κ3) is 3.03. The first-order valence-corrected chi connectivity index (χ1v) is 7.63. The molecule has 17 heavy (non-hydrogen) atoms. The molecule has 0 aromatic carbocycles. The van der Waals surface area contributed by atoms with Gasteiger partial charge >= 0.3 is 0 Å². The van der Waals surface area contributed by atoms with Crippen LogP contribution >= 0.6 is 0 Å². The third-order valence-corrected chi connectivity index (χ3v) is 5.16. The minimum atomic E-state index is 0.373. The van der Waals surface area contributed by atoms with Gasteiger partial charge in [-0.15, -0.1) is 0 Å². The molecule has 100 valence electrons. The van der Waals surface area contributed by atoms with Gasteiger partial charge in [0, 0.05) is 11.6 Å². The van der Waals surface area contributed by atoms with Crippen LogP contribution in [0.5, 0.6) is 0 Å². The van der Waals surface area contributed by atoms with Crippen LogP contribution in [0.15, 0.2) is 0 Å². The summed E-state index contributed by atoms with van der Waals surface area (Å²) in [6, 6.07) is 0.679. The SMILES string of the molecule is CCC(C)(C(CC1CC1)NC)N1CCCCC1. The highest BCUT2D eigenvalue weighted by molar-refractivity contribution is 4.98. The Kier molecular flexibility index (Phi) is 4.48. The maximum Gasteiger partial charge on any atom is 0.0331 e. The molecule has 2 unspecified atom stereocenters. The lowest BCUT2D eigenvalue weighted by Gasteiger charge is -2.48. The molecule has 2 rings (SSSR count). The number of nitrogens with one attached hydrogen (secondary N) is 1. The van der Waals surface area contributed by atoms with Gasteiger partial charge in [-0.2, -0.15) is 0 Å². The highest BCUT2D eigenvalue weighted by Gasteiger charge is 2.40. The number of likely N-dealkylation sites (N-methyl/N-ethyl adjacent to an activating group) is 1. The predicted octanol–water partition coefficient (Wildman–Crippen LogP) is 3.03. The van der Waals surface area contributed by atoms with Crippen molar-refractivity contribution in [1.82, 2.24) is 10.2 Å². The lowest BCUT2D eigenvalue weighted by atomic mass is 9.83. The topological polar surface area (TPSA) is 15.3 Å². The van der Waals surface area contributed by atoms with E-state index in [0.29, 0.717) is 11.6 Å². The minimum absolute atomic E-state index is 0.373. The molecule has 0 amide bonds. The Bertz CT molecular complexity index is 231. The summed E-state index contributed by atoms with van der Waals surface area (Å²) < 4.78 is 0. The molecule has 0 bridgehead atoms. The first-order chi connectivity index (χ1) is 8.20. The number of likely N-dealkylation sites (tertiary alicyclic amines) is 1. The van der Waals surface area contributed by atoms with Gasteiger partial charge in [-0.3, -0.25) is 4.90 Å². The van der Waals surface area contributed by atoms with Crippen molar-refractivity contribution >= 4 is 0 Å². The average molecular weight is 238 g/mol. The number of hydrogen-bond donors (Lipinski definition) is 1. The summed E-state index contributed by atoms with van der Waals surface area (Å²) in [6.45, 7) is 7.48. The van der Waals surface area contributed by atoms with Gasteiger partial charge < -0.3 is 5.32 Å². The minimum Gasteiger partial charge on any atom is -0.315 e. The first kappa shape index (κ1) is 13.4. The van der Waals surface area contributed by atoms with Crippen LogP contribution in [-0.2, 0) is 0 Å². The molecule has 1 saturated heterocycles. The molecule has 0 spiro atoms. The van der Waals surface area contributed by atoms with Gasteiger partial charge in [0.2, 0.25) is 0 Å². The van der Waals surface area contributed by atoms with Crippen LogP contribution in [0.25, 0.3) is 0 Å². The summed E-state index contributed by atoms with van der Waals surface area (Å²) in [4.78, 5) is 2.76. The molecule has 1 aliphatic carbocycles. The van der Waals surface area contributed by atoms with E-state index in [-0.39, 0.29) is 0 Å². The van der Waals surface area contributed by atoms with Gasteiger partial charge in [0.15, 0.2) is 0 Å². The quantitative estimate of drug-likeness (QED) is 0.765. The Morgan fingerprint density at radius 3 is 2.35 bits per heavy atom. The van der Waals surface area contributed by atoms with E-state index in [9.17, 15) is 0 Å². The second-order valence-corrected chi connectivity index (χ2v) is 6.28. The van der Waals surface area contributed by atoms with E-state index in [1.807, 2.05) is 0 Å². The number of piperidine rings is 1. The zero-order chi connectivity index (χ0) is 12.3. The molecule has 2 aliphatic rings. The third-order valence-electron chi connectivity index (χ3n) is 5.16. The second-order valence-electron chi connectivity index (χ2n) is 6.28. The molecular weight excluding hydrogens is 208 g/mol. The number of rotatable bonds is 6. The van der Waals surface area contributed by atoms with Crippen LogP contribution in [0, 0.1) is 5.92 Å². The summed E-state index contributed by atoms with van der Waals surface area (Å²) in [5.74, 6) is 1.02. The van der Waals surface area contributed by atoms with Crippen molar-refractivity contribution in [2.45, 2.75) is 70.4 Å². The van der Waals surface area contributed by atoms with Crippen LogP contribution in [-0.4, -0.2) is 36.6 Å². The zero-order valence-corrected chi connectivity index (χ0v) is 12.0. The van der Waals surface area contributed by atoms with E-state index in [2.05, 4.69) is 31.1 Å². The Morgan fingerprint density at radius 2 is 1.88 bits per heavy atom. The Balaban J connectivity index is 2.02. The van der Waals surface area contributed by atoms with Crippen molar-refractivity contribution < 1.29 is 0 Å². The normalized spacial score (nSPS) is 27.7. The van der Waals surface area contributed by atoms with Gasteiger partial charge in [0.1, 0.15) is 0 Å². The highest BCUT2D eigenvalue weighted by atomic mass is 15.2. The van der Waals surface area contributed by atoms with Gasteiger partial charge in [-0.1, -0.05) is 26.2 Å². The standard InChI is InChI=1S/C15H30N2/c1-4-15(2,17-10-6-5-7-11-17)14(16-3)12-13-8-9-13/h13-14,16H,4-12H2,1-3H3. The van der Waals surface area contributed by atoms with Crippen molar-refractivity contribution in [2.75, 3.05) is 20.1 Å². The van der Waals surface area contributed by atoms with Crippen LogP contribution in [0.1, 0.15) is 58.8 Å². The Labute approximate surface area is 107 Å². The molecular formula is C15H30N2. The van der Waals surface area contributed by atoms with Crippen molar-refractivity contribution in [3.05, 3.63) is 0 Å².